The molecule has 3 nitrogen and oxygen atoms in total. The van der Waals surface area contributed by atoms with Gasteiger partial charge in [0.2, 0.25) is 5.95 Å². The van der Waals surface area contributed by atoms with Gasteiger partial charge in [-0.3, -0.25) is 0 Å². The van der Waals surface area contributed by atoms with E-state index in [9.17, 15) is 9.60 Å². The molecule has 1 aromatic heterocycles. The number of nitrogens with zero attached hydrogens (tertiary/aromatic N) is 2. The minimum atomic E-state index is -0.911. The molecule has 0 fully saturated rings. The molecule has 0 saturated heterocycles. The zero-order valence-corrected chi connectivity index (χ0v) is 14.1. The molecule has 126 valence electrons. The third kappa shape index (κ3) is 2.91. The summed E-state index contributed by atoms with van der Waals surface area (Å²) in [4.78, 5) is 3.85. The van der Waals surface area contributed by atoms with Crippen molar-refractivity contribution in [2.24, 2.45) is 5.16 Å². The fourth-order valence-electron chi connectivity index (χ4n) is 3.42. The summed E-state index contributed by atoms with van der Waals surface area (Å²) in [6, 6.07) is 22.6. The summed E-state index contributed by atoms with van der Waals surface area (Å²) in [5, 5.41) is 13.2. The van der Waals surface area contributed by atoms with Crippen LogP contribution in [0.25, 0.3) is 0 Å². The highest BCUT2D eigenvalue weighted by Gasteiger charge is 2.40. The fourth-order valence-corrected chi connectivity index (χ4v) is 3.42. The van der Waals surface area contributed by atoms with Gasteiger partial charge in [0.05, 0.1) is 11.1 Å². The Kier molecular flexibility index (Phi) is 4.61. The van der Waals surface area contributed by atoms with Crippen LogP contribution in [0.2, 0.25) is 0 Å². The number of halogens is 1. The molecule has 0 aliphatic heterocycles. The predicted octanol–water partition coefficient (Wildman–Crippen LogP) is 4.71. The number of rotatable bonds is 4. The molecule has 1 N–H and O–H groups in total. The van der Waals surface area contributed by atoms with Gasteiger partial charge in [-0.15, -0.1) is 0 Å². The molecule has 3 rings (SSSR count). The van der Waals surface area contributed by atoms with Crippen molar-refractivity contribution in [1.82, 2.24) is 4.98 Å². The van der Waals surface area contributed by atoms with Gasteiger partial charge in [-0.1, -0.05) is 65.8 Å². The van der Waals surface area contributed by atoms with Gasteiger partial charge < -0.3 is 5.21 Å². The Morgan fingerprint density at radius 1 is 0.920 bits per heavy atom. The molecule has 0 atom stereocenters. The molecule has 0 radical (unpaired) electrons. The van der Waals surface area contributed by atoms with Crippen molar-refractivity contribution in [3.63, 3.8) is 0 Å². The number of benzene rings is 2. The summed E-state index contributed by atoms with van der Waals surface area (Å²) in [6.45, 7) is 3.49. The Bertz CT molecular complexity index is 833. The molecule has 1 heterocycles. The Morgan fingerprint density at radius 2 is 1.44 bits per heavy atom. The minimum Gasteiger partial charge on any atom is -0.411 e. The van der Waals surface area contributed by atoms with E-state index in [2.05, 4.69) is 10.1 Å². The lowest BCUT2D eigenvalue weighted by atomic mass is 9.66. The molecule has 0 unspecified atom stereocenters. The van der Waals surface area contributed by atoms with Gasteiger partial charge in [0.25, 0.3) is 0 Å². The Morgan fingerprint density at radius 3 is 1.88 bits per heavy atom. The molecular weight excluding hydrogens is 315 g/mol. The normalized spacial score (nSPS) is 12.2. The van der Waals surface area contributed by atoms with Gasteiger partial charge in [0, 0.05) is 5.69 Å². The number of hydrogen-bond acceptors (Lipinski definition) is 3. The number of aromatic nitrogens is 1. The number of hydrogen-bond donors (Lipinski definition) is 1. The van der Waals surface area contributed by atoms with Crippen molar-refractivity contribution >= 4 is 5.71 Å². The van der Waals surface area contributed by atoms with Crippen molar-refractivity contribution < 1.29 is 9.60 Å². The smallest absolute Gasteiger partial charge is 0.213 e. The van der Waals surface area contributed by atoms with E-state index in [1.807, 2.05) is 66.7 Å². The van der Waals surface area contributed by atoms with Gasteiger partial charge in [-0.2, -0.15) is 4.39 Å². The van der Waals surface area contributed by atoms with Crippen molar-refractivity contribution in [2.45, 2.75) is 19.3 Å². The molecule has 25 heavy (non-hydrogen) atoms. The molecule has 0 spiro atoms. The first-order valence-electron chi connectivity index (χ1n) is 8.04. The van der Waals surface area contributed by atoms with E-state index < -0.39 is 11.4 Å². The third-order valence-electron chi connectivity index (χ3n) is 4.46. The summed E-state index contributed by atoms with van der Waals surface area (Å²) in [6.07, 6.45) is 0. The number of aryl methyl sites for hydroxylation is 1. The summed E-state index contributed by atoms with van der Waals surface area (Å²) < 4.78 is 14.1. The van der Waals surface area contributed by atoms with Crippen molar-refractivity contribution in [2.75, 3.05) is 0 Å². The molecule has 3 aromatic rings. The van der Waals surface area contributed by atoms with Gasteiger partial charge in [-0.25, -0.2) is 4.98 Å². The van der Waals surface area contributed by atoms with E-state index >= 15 is 0 Å². The number of pyridine rings is 1. The van der Waals surface area contributed by atoms with Crippen LogP contribution < -0.4 is 0 Å². The summed E-state index contributed by atoms with van der Waals surface area (Å²) >= 11 is 0. The zero-order valence-electron chi connectivity index (χ0n) is 14.1. The monoisotopic (exact) mass is 334 g/mol. The Balaban J connectivity index is 2.45. The standard InChI is InChI=1S/C21H19FN2O/c1-15-13-19(14-20(22)23-15)21(16(2)24-25,17-9-5-3-6-10-17)18-11-7-4-8-12-18/h3-14,25H,1-2H3/b24-16-. The summed E-state index contributed by atoms with van der Waals surface area (Å²) in [5.41, 5.74) is 2.56. The van der Waals surface area contributed by atoms with Crippen molar-refractivity contribution in [3.8, 4) is 0 Å². The van der Waals surface area contributed by atoms with Crippen LogP contribution in [0.4, 0.5) is 4.39 Å². The van der Waals surface area contributed by atoms with Crippen LogP contribution in [0.15, 0.2) is 78.0 Å². The molecular formula is C21H19FN2O. The maximum atomic E-state index is 14.1. The van der Waals surface area contributed by atoms with E-state index in [4.69, 9.17) is 0 Å². The first-order valence-corrected chi connectivity index (χ1v) is 8.04. The van der Waals surface area contributed by atoms with Crippen LogP contribution in [0.1, 0.15) is 29.3 Å². The maximum Gasteiger partial charge on any atom is 0.213 e. The van der Waals surface area contributed by atoms with Gasteiger partial charge >= 0.3 is 0 Å². The minimum absolute atomic E-state index is 0.454. The van der Waals surface area contributed by atoms with Crippen LogP contribution in [0, 0.1) is 12.9 Å². The van der Waals surface area contributed by atoms with E-state index in [1.165, 1.54) is 6.07 Å². The van der Waals surface area contributed by atoms with E-state index in [1.54, 1.807) is 13.8 Å². The second kappa shape index (κ2) is 6.85. The highest BCUT2D eigenvalue weighted by atomic mass is 19.1. The van der Waals surface area contributed by atoms with Crippen LogP contribution in [-0.4, -0.2) is 15.9 Å². The third-order valence-corrected chi connectivity index (χ3v) is 4.46. The van der Waals surface area contributed by atoms with Gasteiger partial charge in [0.1, 0.15) is 0 Å². The zero-order chi connectivity index (χ0) is 17.9. The first-order chi connectivity index (χ1) is 12.1. The second-order valence-electron chi connectivity index (χ2n) is 5.99. The van der Waals surface area contributed by atoms with E-state index in [0.717, 1.165) is 11.1 Å². The predicted molar refractivity (Wildman–Crippen MR) is 96.6 cm³/mol. The molecule has 2 aromatic carbocycles. The average Bonchev–Trinajstić information content (AvgIpc) is 2.63. The second-order valence-corrected chi connectivity index (χ2v) is 5.99. The lowest BCUT2D eigenvalue weighted by Crippen LogP contribution is -2.37. The molecule has 0 saturated carbocycles. The fraction of sp³-hybridized carbons (Fsp3) is 0.143. The topological polar surface area (TPSA) is 45.5 Å². The summed E-state index contributed by atoms with van der Waals surface area (Å²) in [7, 11) is 0. The van der Waals surface area contributed by atoms with E-state index in [-0.39, 0.29) is 0 Å². The van der Waals surface area contributed by atoms with Gasteiger partial charge in [0.15, 0.2) is 0 Å². The highest BCUT2D eigenvalue weighted by Crippen LogP contribution is 2.41. The molecule has 4 heteroatoms. The Hall–Kier alpha value is -3.01. The molecule has 0 amide bonds. The molecule has 0 aliphatic carbocycles. The van der Waals surface area contributed by atoms with Crippen LogP contribution >= 0.6 is 0 Å². The first kappa shape index (κ1) is 16.8. The largest absolute Gasteiger partial charge is 0.411 e. The lowest BCUT2D eigenvalue weighted by molar-refractivity contribution is 0.315. The number of oxime groups is 1. The SMILES string of the molecule is C/C(=N/O)C(c1ccccc1)(c1ccccc1)c1cc(C)nc(F)c1. The molecule has 0 aliphatic rings. The van der Waals surface area contributed by atoms with Crippen molar-refractivity contribution in [3.05, 3.63) is 101 Å². The van der Waals surface area contributed by atoms with Crippen LogP contribution in [0.3, 0.4) is 0 Å². The van der Waals surface area contributed by atoms with Crippen molar-refractivity contribution in [1.29, 1.82) is 0 Å². The van der Waals surface area contributed by atoms with Crippen LogP contribution in [0.5, 0.6) is 0 Å². The van der Waals surface area contributed by atoms with Crippen LogP contribution in [-0.2, 0) is 5.41 Å². The highest BCUT2D eigenvalue weighted by molar-refractivity contribution is 5.99. The average molecular weight is 334 g/mol. The lowest BCUT2D eigenvalue weighted by Gasteiger charge is -2.35. The Labute approximate surface area is 146 Å². The maximum absolute atomic E-state index is 14.1. The van der Waals surface area contributed by atoms with Gasteiger partial charge in [-0.05, 0) is 42.7 Å². The van der Waals surface area contributed by atoms with E-state index in [0.29, 0.717) is 17.0 Å². The molecule has 0 bridgehead atoms. The summed E-state index contributed by atoms with van der Waals surface area (Å²) in [5.74, 6) is -0.558. The quantitative estimate of drug-likeness (QED) is 0.325.